The van der Waals surface area contributed by atoms with E-state index in [1.807, 2.05) is 6.07 Å². The normalized spacial score (nSPS) is 10.8. The number of hydrogen-bond acceptors (Lipinski definition) is 5. The van der Waals surface area contributed by atoms with E-state index in [9.17, 15) is 20.1 Å². The average Bonchev–Trinajstić information content (AvgIpc) is 2.56. The van der Waals surface area contributed by atoms with Crippen LogP contribution >= 0.6 is 15.9 Å². The molecule has 0 aliphatic rings. The van der Waals surface area contributed by atoms with Gasteiger partial charge in [0, 0.05) is 15.6 Å². The number of hydrogen-bond donors (Lipinski definition) is 3. The van der Waals surface area contributed by atoms with E-state index in [1.165, 1.54) is 25.3 Å². The highest BCUT2D eigenvalue weighted by molar-refractivity contribution is 9.10. The zero-order valence-electron chi connectivity index (χ0n) is 12.6. The molecule has 122 valence electrons. The number of methoxy groups -OCH3 is 1. The number of fused-ring (bicyclic) bond motifs is 1. The fourth-order valence-electron chi connectivity index (χ4n) is 2.69. The van der Waals surface area contributed by atoms with Crippen LogP contribution in [0.2, 0.25) is 0 Å². The molecule has 0 amide bonds. The molecule has 0 heterocycles. The van der Waals surface area contributed by atoms with E-state index in [0.717, 1.165) is 9.86 Å². The standard InChI is InChI=1S/C18H13BrO5/c1-24-18(23)17-14(22)7-6-13(21)16(17)15-11-4-3-10(19)8-9(11)2-5-12(15)20/h2-8,20-22H,1H3. The van der Waals surface area contributed by atoms with Crippen molar-refractivity contribution in [3.8, 4) is 28.4 Å². The number of carbonyl (C=O) groups excluding carboxylic acids is 1. The number of carbonyl (C=O) groups is 1. The number of phenolic OH excluding ortho intramolecular Hbond substituents is 3. The van der Waals surface area contributed by atoms with E-state index >= 15 is 0 Å². The van der Waals surface area contributed by atoms with Gasteiger partial charge in [-0.15, -0.1) is 0 Å². The lowest BCUT2D eigenvalue weighted by Crippen LogP contribution is -2.04. The maximum atomic E-state index is 12.1. The van der Waals surface area contributed by atoms with Crippen molar-refractivity contribution in [1.29, 1.82) is 0 Å². The Bertz CT molecular complexity index is 965. The zero-order valence-corrected chi connectivity index (χ0v) is 14.2. The molecule has 0 saturated heterocycles. The lowest BCUT2D eigenvalue weighted by molar-refractivity contribution is 0.0598. The van der Waals surface area contributed by atoms with E-state index in [-0.39, 0.29) is 33.9 Å². The molecule has 0 saturated carbocycles. The van der Waals surface area contributed by atoms with Gasteiger partial charge in [0.05, 0.1) is 7.11 Å². The quantitative estimate of drug-likeness (QED) is 0.452. The molecule has 3 aromatic rings. The summed E-state index contributed by atoms with van der Waals surface area (Å²) >= 11 is 3.38. The summed E-state index contributed by atoms with van der Waals surface area (Å²) in [6.07, 6.45) is 0. The van der Waals surface area contributed by atoms with E-state index in [2.05, 4.69) is 15.9 Å². The minimum Gasteiger partial charge on any atom is -0.507 e. The number of ether oxygens (including phenoxy) is 1. The van der Waals surface area contributed by atoms with Gasteiger partial charge >= 0.3 is 5.97 Å². The number of aromatic hydroxyl groups is 3. The summed E-state index contributed by atoms with van der Waals surface area (Å²) in [5.74, 6) is -1.54. The van der Waals surface area contributed by atoms with Crippen LogP contribution in [0.3, 0.4) is 0 Å². The Kier molecular flexibility index (Phi) is 4.07. The summed E-state index contributed by atoms with van der Waals surface area (Å²) in [5, 5.41) is 32.2. The summed E-state index contributed by atoms with van der Waals surface area (Å²) in [6, 6.07) is 11.0. The van der Waals surface area contributed by atoms with Gasteiger partial charge in [0.1, 0.15) is 22.8 Å². The van der Waals surface area contributed by atoms with Gasteiger partial charge in [-0.05, 0) is 41.1 Å². The number of phenols is 3. The Labute approximate surface area is 145 Å². The van der Waals surface area contributed by atoms with Gasteiger partial charge in [-0.25, -0.2) is 4.79 Å². The molecule has 24 heavy (non-hydrogen) atoms. The monoisotopic (exact) mass is 388 g/mol. The molecule has 0 spiro atoms. The molecule has 5 nitrogen and oxygen atoms in total. The fraction of sp³-hybridized carbons (Fsp3) is 0.0556. The molecule has 0 radical (unpaired) electrons. The van der Waals surface area contributed by atoms with E-state index in [0.29, 0.717) is 5.39 Å². The maximum Gasteiger partial charge on any atom is 0.342 e. The third kappa shape index (κ3) is 2.55. The summed E-state index contributed by atoms with van der Waals surface area (Å²) in [7, 11) is 1.18. The molecule has 3 N–H and O–H groups in total. The number of rotatable bonds is 2. The minimum absolute atomic E-state index is 0.0206. The summed E-state index contributed by atoms with van der Waals surface area (Å²) in [5.41, 5.74) is 0.0595. The second kappa shape index (κ2) is 6.05. The largest absolute Gasteiger partial charge is 0.507 e. The van der Waals surface area contributed by atoms with Gasteiger partial charge in [-0.3, -0.25) is 0 Å². The number of esters is 1. The van der Waals surface area contributed by atoms with Crippen LogP contribution in [0.25, 0.3) is 21.9 Å². The van der Waals surface area contributed by atoms with Crippen molar-refractivity contribution in [2.75, 3.05) is 7.11 Å². The molecule has 6 heteroatoms. The van der Waals surface area contributed by atoms with Crippen molar-refractivity contribution in [3.63, 3.8) is 0 Å². The Morgan fingerprint density at radius 2 is 1.54 bits per heavy atom. The van der Waals surface area contributed by atoms with E-state index in [4.69, 9.17) is 4.74 Å². The Balaban J connectivity index is 2.47. The molecular formula is C18H13BrO5. The zero-order chi connectivity index (χ0) is 17.4. The van der Waals surface area contributed by atoms with E-state index in [1.54, 1.807) is 18.2 Å². The Hall–Kier alpha value is -2.73. The molecular weight excluding hydrogens is 376 g/mol. The topological polar surface area (TPSA) is 87.0 Å². The predicted molar refractivity (Wildman–Crippen MR) is 93.4 cm³/mol. The van der Waals surface area contributed by atoms with Gasteiger partial charge in [-0.1, -0.05) is 28.1 Å². The van der Waals surface area contributed by atoms with Gasteiger partial charge in [-0.2, -0.15) is 0 Å². The third-order valence-corrected chi connectivity index (χ3v) is 4.25. The molecule has 0 aromatic heterocycles. The second-order valence-corrected chi connectivity index (χ2v) is 6.09. The van der Waals surface area contributed by atoms with Crippen LogP contribution in [0.4, 0.5) is 0 Å². The second-order valence-electron chi connectivity index (χ2n) is 5.17. The van der Waals surface area contributed by atoms with Crippen molar-refractivity contribution in [2.45, 2.75) is 0 Å². The molecule has 0 bridgehead atoms. The van der Waals surface area contributed by atoms with Crippen molar-refractivity contribution < 1.29 is 24.9 Å². The average molecular weight is 389 g/mol. The highest BCUT2D eigenvalue weighted by atomic mass is 79.9. The first kappa shape index (κ1) is 16.1. The first-order valence-corrected chi connectivity index (χ1v) is 7.78. The molecule has 0 atom stereocenters. The molecule has 3 rings (SSSR count). The van der Waals surface area contributed by atoms with Crippen LogP contribution in [0.5, 0.6) is 17.2 Å². The van der Waals surface area contributed by atoms with Crippen LogP contribution in [-0.4, -0.2) is 28.4 Å². The van der Waals surface area contributed by atoms with Gasteiger partial charge in [0.15, 0.2) is 0 Å². The van der Waals surface area contributed by atoms with E-state index < -0.39 is 5.97 Å². The first-order valence-electron chi connectivity index (χ1n) is 6.99. The number of benzene rings is 3. The van der Waals surface area contributed by atoms with Crippen LogP contribution in [0, 0.1) is 0 Å². The predicted octanol–water partition coefficient (Wildman–Crippen LogP) is 4.17. The lowest BCUT2D eigenvalue weighted by Gasteiger charge is -2.15. The molecule has 0 aliphatic heterocycles. The van der Waals surface area contributed by atoms with Gasteiger partial charge in [0.25, 0.3) is 0 Å². The number of halogens is 1. The van der Waals surface area contributed by atoms with Crippen molar-refractivity contribution >= 4 is 32.7 Å². The lowest BCUT2D eigenvalue weighted by atomic mass is 9.92. The van der Waals surface area contributed by atoms with Crippen LogP contribution < -0.4 is 0 Å². The van der Waals surface area contributed by atoms with Crippen molar-refractivity contribution in [1.82, 2.24) is 0 Å². The Morgan fingerprint density at radius 3 is 2.25 bits per heavy atom. The minimum atomic E-state index is -0.813. The third-order valence-electron chi connectivity index (χ3n) is 3.76. The van der Waals surface area contributed by atoms with Crippen LogP contribution in [0.1, 0.15) is 10.4 Å². The summed E-state index contributed by atoms with van der Waals surface area (Å²) in [4.78, 5) is 12.1. The molecule has 0 fully saturated rings. The SMILES string of the molecule is COC(=O)c1c(O)ccc(O)c1-c1c(O)ccc2cc(Br)ccc12. The first-order chi connectivity index (χ1) is 11.4. The molecule has 3 aromatic carbocycles. The fourth-order valence-corrected chi connectivity index (χ4v) is 3.07. The van der Waals surface area contributed by atoms with Crippen LogP contribution in [0.15, 0.2) is 46.9 Å². The smallest absolute Gasteiger partial charge is 0.342 e. The Morgan fingerprint density at radius 1 is 0.917 bits per heavy atom. The highest BCUT2D eigenvalue weighted by Gasteiger charge is 2.25. The van der Waals surface area contributed by atoms with Crippen LogP contribution in [-0.2, 0) is 4.74 Å². The summed E-state index contributed by atoms with van der Waals surface area (Å²) in [6.45, 7) is 0. The molecule has 0 unspecified atom stereocenters. The van der Waals surface area contributed by atoms with Crippen molar-refractivity contribution in [3.05, 3.63) is 52.5 Å². The van der Waals surface area contributed by atoms with Gasteiger partial charge < -0.3 is 20.1 Å². The maximum absolute atomic E-state index is 12.1. The van der Waals surface area contributed by atoms with Crippen molar-refractivity contribution in [2.24, 2.45) is 0 Å². The highest BCUT2D eigenvalue weighted by Crippen LogP contribution is 2.45. The molecule has 0 aliphatic carbocycles. The van der Waals surface area contributed by atoms with Gasteiger partial charge in [0.2, 0.25) is 0 Å². The summed E-state index contributed by atoms with van der Waals surface area (Å²) < 4.78 is 5.55.